The van der Waals surface area contributed by atoms with Crippen molar-refractivity contribution in [3.05, 3.63) is 60.3 Å². The smallest absolute Gasteiger partial charge is 0.421 e. The zero-order valence-electron chi connectivity index (χ0n) is 18.7. The maximum absolute atomic E-state index is 13.6. The van der Waals surface area contributed by atoms with Gasteiger partial charge in [-0.25, -0.2) is 4.98 Å². The molecule has 0 unspecified atom stereocenters. The Labute approximate surface area is 191 Å². The first kappa shape index (κ1) is 24.2. The van der Waals surface area contributed by atoms with Crippen LogP contribution in [-0.4, -0.2) is 23.2 Å². The van der Waals surface area contributed by atoms with Gasteiger partial charge >= 0.3 is 6.18 Å². The lowest BCUT2D eigenvalue weighted by atomic mass is 10.2. The van der Waals surface area contributed by atoms with Crippen molar-refractivity contribution in [3.8, 4) is 11.5 Å². The van der Waals surface area contributed by atoms with Crippen LogP contribution in [0.25, 0.3) is 0 Å². The summed E-state index contributed by atoms with van der Waals surface area (Å²) in [6.07, 6.45) is -3.04. The van der Waals surface area contributed by atoms with Crippen LogP contribution in [0.5, 0.6) is 11.5 Å². The van der Waals surface area contributed by atoms with Gasteiger partial charge in [0.25, 0.3) is 0 Å². The number of benzene rings is 2. The number of nitrogens with one attached hydrogen (secondary N) is 2. The second-order valence-electron chi connectivity index (χ2n) is 7.81. The van der Waals surface area contributed by atoms with Gasteiger partial charge in [0, 0.05) is 23.6 Å². The molecule has 0 aliphatic heterocycles. The molecule has 3 rings (SSSR count). The van der Waals surface area contributed by atoms with Gasteiger partial charge in [-0.15, -0.1) is 0 Å². The number of hydrogen-bond donors (Lipinski definition) is 2. The lowest BCUT2D eigenvalue weighted by Gasteiger charge is -2.15. The summed E-state index contributed by atoms with van der Waals surface area (Å²) >= 11 is 0. The molecule has 0 spiro atoms. The lowest BCUT2D eigenvalue weighted by Crippen LogP contribution is -2.12. The summed E-state index contributed by atoms with van der Waals surface area (Å²) in [5.74, 6) is 1.33. The fourth-order valence-corrected chi connectivity index (χ4v) is 2.79. The summed E-state index contributed by atoms with van der Waals surface area (Å²) in [5, 5.41) is 5.68. The SMILES string of the molecule is CCCOc1cccc(Nc2nc(Nc3ccc(OCC(C)C)cc3)ncc2C(F)(F)F)c1. The third-order valence-electron chi connectivity index (χ3n) is 4.36. The molecular formula is C24H27F3N4O2. The van der Waals surface area contributed by atoms with Gasteiger partial charge in [0.2, 0.25) is 5.95 Å². The summed E-state index contributed by atoms with van der Waals surface area (Å²) < 4.78 is 51.8. The number of hydrogen-bond acceptors (Lipinski definition) is 6. The van der Waals surface area contributed by atoms with Crippen molar-refractivity contribution in [1.29, 1.82) is 0 Å². The van der Waals surface area contributed by atoms with Gasteiger partial charge in [0.1, 0.15) is 22.9 Å². The Morgan fingerprint density at radius 2 is 1.70 bits per heavy atom. The predicted molar refractivity (Wildman–Crippen MR) is 123 cm³/mol. The largest absolute Gasteiger partial charge is 0.494 e. The molecule has 0 aliphatic rings. The van der Waals surface area contributed by atoms with E-state index in [4.69, 9.17) is 9.47 Å². The van der Waals surface area contributed by atoms with Crippen molar-refractivity contribution in [1.82, 2.24) is 9.97 Å². The molecule has 0 aliphatic carbocycles. The number of ether oxygens (including phenoxy) is 2. The summed E-state index contributed by atoms with van der Waals surface area (Å²) in [4.78, 5) is 7.92. The van der Waals surface area contributed by atoms with Gasteiger partial charge in [-0.3, -0.25) is 0 Å². The van der Waals surface area contributed by atoms with Crippen LogP contribution < -0.4 is 20.1 Å². The maximum atomic E-state index is 13.6. The Kier molecular flexibility index (Phi) is 7.97. The van der Waals surface area contributed by atoms with Crippen LogP contribution in [-0.2, 0) is 6.18 Å². The van der Waals surface area contributed by atoms with Gasteiger partial charge in [-0.2, -0.15) is 18.2 Å². The molecule has 9 heteroatoms. The van der Waals surface area contributed by atoms with Crippen LogP contribution in [0.15, 0.2) is 54.7 Å². The number of anilines is 4. The van der Waals surface area contributed by atoms with Crippen molar-refractivity contribution >= 4 is 23.1 Å². The van der Waals surface area contributed by atoms with Crippen LogP contribution in [0.2, 0.25) is 0 Å². The minimum Gasteiger partial charge on any atom is -0.494 e. The predicted octanol–water partition coefficient (Wildman–Crippen LogP) is 6.81. The summed E-state index contributed by atoms with van der Waals surface area (Å²) in [7, 11) is 0. The van der Waals surface area contributed by atoms with E-state index >= 15 is 0 Å². The molecule has 1 aromatic heterocycles. The van der Waals surface area contributed by atoms with E-state index in [-0.39, 0.29) is 11.8 Å². The standard InChI is InChI=1S/C24H27F3N4O2/c1-4-12-32-20-7-5-6-18(13-20)29-22-21(24(25,26)27)14-28-23(31-22)30-17-8-10-19(11-9-17)33-15-16(2)3/h5-11,13-14,16H,4,12,15H2,1-3H3,(H2,28,29,30,31). The highest BCUT2D eigenvalue weighted by molar-refractivity contribution is 5.64. The minimum atomic E-state index is -4.62. The fourth-order valence-electron chi connectivity index (χ4n) is 2.79. The highest BCUT2D eigenvalue weighted by Crippen LogP contribution is 2.35. The van der Waals surface area contributed by atoms with E-state index in [0.717, 1.165) is 12.6 Å². The van der Waals surface area contributed by atoms with Gasteiger partial charge in [-0.1, -0.05) is 26.8 Å². The monoisotopic (exact) mass is 460 g/mol. The average molecular weight is 461 g/mol. The first-order valence-electron chi connectivity index (χ1n) is 10.7. The first-order chi connectivity index (χ1) is 15.7. The maximum Gasteiger partial charge on any atom is 0.421 e. The van der Waals surface area contributed by atoms with Crippen molar-refractivity contribution in [2.24, 2.45) is 5.92 Å². The Morgan fingerprint density at radius 3 is 2.36 bits per heavy atom. The van der Waals surface area contributed by atoms with E-state index < -0.39 is 11.7 Å². The molecule has 0 fully saturated rings. The number of nitrogens with zero attached hydrogens (tertiary/aromatic N) is 2. The number of rotatable bonds is 10. The van der Waals surface area contributed by atoms with Gasteiger partial charge in [0.05, 0.1) is 13.2 Å². The molecule has 0 amide bonds. The molecule has 3 aromatic rings. The molecule has 6 nitrogen and oxygen atoms in total. The van der Waals surface area contributed by atoms with Crippen LogP contribution >= 0.6 is 0 Å². The molecule has 0 bridgehead atoms. The van der Waals surface area contributed by atoms with Crippen molar-refractivity contribution in [2.75, 3.05) is 23.8 Å². The van der Waals surface area contributed by atoms with Crippen LogP contribution in [0.3, 0.4) is 0 Å². The number of aromatic nitrogens is 2. The van der Waals surface area contributed by atoms with E-state index in [1.807, 2.05) is 6.92 Å². The van der Waals surface area contributed by atoms with E-state index in [1.54, 1.807) is 48.5 Å². The molecule has 0 atom stereocenters. The molecule has 176 valence electrons. The van der Waals surface area contributed by atoms with Gasteiger partial charge in [0.15, 0.2) is 0 Å². The highest BCUT2D eigenvalue weighted by atomic mass is 19.4. The summed E-state index contributed by atoms with van der Waals surface area (Å²) in [6, 6.07) is 13.8. The molecule has 0 radical (unpaired) electrons. The van der Waals surface area contributed by atoms with E-state index in [0.29, 0.717) is 42.0 Å². The van der Waals surface area contributed by atoms with Crippen LogP contribution in [0, 0.1) is 5.92 Å². The number of halogens is 3. The van der Waals surface area contributed by atoms with Crippen LogP contribution in [0.1, 0.15) is 32.8 Å². The van der Waals surface area contributed by atoms with E-state index in [1.165, 1.54) is 0 Å². The topological polar surface area (TPSA) is 68.3 Å². The third kappa shape index (κ3) is 7.27. The van der Waals surface area contributed by atoms with Crippen LogP contribution in [0.4, 0.5) is 36.3 Å². The molecule has 0 saturated heterocycles. The normalized spacial score (nSPS) is 11.4. The van der Waals surface area contributed by atoms with E-state index in [9.17, 15) is 13.2 Å². The van der Waals surface area contributed by atoms with Gasteiger partial charge < -0.3 is 20.1 Å². The molecule has 33 heavy (non-hydrogen) atoms. The quantitative estimate of drug-likeness (QED) is 0.347. The molecule has 2 aromatic carbocycles. The second kappa shape index (κ2) is 10.9. The van der Waals surface area contributed by atoms with Crippen molar-refractivity contribution < 1.29 is 22.6 Å². The van der Waals surface area contributed by atoms with Crippen molar-refractivity contribution in [2.45, 2.75) is 33.4 Å². The minimum absolute atomic E-state index is 0.0275. The zero-order chi connectivity index (χ0) is 23.8. The molecule has 1 heterocycles. The molecular weight excluding hydrogens is 433 g/mol. The Morgan fingerprint density at radius 1 is 0.939 bits per heavy atom. The fraction of sp³-hybridized carbons (Fsp3) is 0.333. The van der Waals surface area contributed by atoms with Crippen molar-refractivity contribution in [3.63, 3.8) is 0 Å². The summed E-state index contributed by atoms with van der Waals surface area (Å²) in [5.41, 5.74) is 0.0725. The highest BCUT2D eigenvalue weighted by Gasteiger charge is 2.35. The molecule has 0 saturated carbocycles. The number of alkyl halides is 3. The first-order valence-corrected chi connectivity index (χ1v) is 10.7. The molecule has 2 N–H and O–H groups in total. The summed E-state index contributed by atoms with van der Waals surface area (Å²) in [6.45, 7) is 7.18. The second-order valence-corrected chi connectivity index (χ2v) is 7.81. The van der Waals surface area contributed by atoms with E-state index in [2.05, 4.69) is 34.4 Å². The zero-order valence-corrected chi connectivity index (χ0v) is 18.7. The Hall–Kier alpha value is -3.49. The Balaban J connectivity index is 1.80. The average Bonchev–Trinajstić information content (AvgIpc) is 2.77. The lowest BCUT2D eigenvalue weighted by molar-refractivity contribution is -0.137. The Bertz CT molecular complexity index is 1040. The third-order valence-corrected chi connectivity index (χ3v) is 4.36. The van der Waals surface area contributed by atoms with Gasteiger partial charge in [-0.05, 0) is 48.7 Å².